The van der Waals surface area contributed by atoms with E-state index in [1.807, 2.05) is 6.07 Å². The quantitative estimate of drug-likeness (QED) is 0.707. The van der Waals surface area contributed by atoms with E-state index in [1.54, 1.807) is 0 Å². The zero-order valence-electron chi connectivity index (χ0n) is 7.76. The van der Waals surface area contributed by atoms with E-state index in [0.717, 1.165) is 12.1 Å². The molecule has 1 fully saturated rings. The summed E-state index contributed by atoms with van der Waals surface area (Å²) in [6.07, 6.45) is 0.0398. The number of rotatable bonds is 1. The van der Waals surface area contributed by atoms with Crippen LogP contribution in [-0.4, -0.2) is 5.78 Å². The molecule has 0 unspecified atom stereocenters. The van der Waals surface area contributed by atoms with E-state index < -0.39 is 17.0 Å². The van der Waals surface area contributed by atoms with Gasteiger partial charge in [0.05, 0.1) is 11.5 Å². The molecule has 0 bridgehead atoms. The van der Waals surface area contributed by atoms with Crippen molar-refractivity contribution >= 4 is 5.78 Å². The van der Waals surface area contributed by atoms with Crippen LogP contribution in [0.15, 0.2) is 18.2 Å². The van der Waals surface area contributed by atoms with Crippen LogP contribution in [0.5, 0.6) is 0 Å². The molecule has 0 heterocycles. The largest absolute Gasteiger partial charge is 0.300 e. The second kappa shape index (κ2) is 3.13. The van der Waals surface area contributed by atoms with Crippen LogP contribution < -0.4 is 0 Å². The van der Waals surface area contributed by atoms with Crippen LogP contribution in [-0.2, 0) is 10.2 Å². The van der Waals surface area contributed by atoms with E-state index in [0.29, 0.717) is 0 Å². The second-order valence-corrected chi connectivity index (χ2v) is 3.71. The summed E-state index contributed by atoms with van der Waals surface area (Å²) in [6.45, 7) is 0. The van der Waals surface area contributed by atoms with E-state index >= 15 is 0 Å². The van der Waals surface area contributed by atoms with Crippen molar-refractivity contribution in [3.8, 4) is 6.07 Å². The van der Waals surface area contributed by atoms with Crippen LogP contribution in [0.3, 0.4) is 0 Å². The minimum Gasteiger partial charge on any atom is -0.300 e. The number of ketones is 1. The first kappa shape index (κ1) is 9.78. The van der Waals surface area contributed by atoms with Crippen molar-refractivity contribution < 1.29 is 13.6 Å². The van der Waals surface area contributed by atoms with Gasteiger partial charge >= 0.3 is 0 Å². The number of Topliss-reactive ketones (excluding diaryl/α,β-unsaturated/α-hetero) is 1. The normalized spacial score (nSPS) is 18.1. The molecule has 15 heavy (non-hydrogen) atoms. The summed E-state index contributed by atoms with van der Waals surface area (Å²) in [5, 5.41) is 8.94. The number of benzene rings is 1. The van der Waals surface area contributed by atoms with E-state index in [2.05, 4.69) is 0 Å². The Balaban J connectivity index is 2.46. The van der Waals surface area contributed by atoms with Crippen LogP contribution >= 0.6 is 0 Å². The van der Waals surface area contributed by atoms with Crippen molar-refractivity contribution in [3.63, 3.8) is 0 Å². The maximum atomic E-state index is 13.4. The third-order valence-corrected chi connectivity index (χ3v) is 2.66. The SMILES string of the molecule is N#CC1(c2ccc(F)cc2F)CC(=O)C1. The van der Waals surface area contributed by atoms with Gasteiger partial charge in [0, 0.05) is 24.5 Å². The van der Waals surface area contributed by atoms with Crippen molar-refractivity contribution in [2.24, 2.45) is 0 Å². The Bertz CT molecular complexity index is 468. The van der Waals surface area contributed by atoms with E-state index in [1.165, 1.54) is 6.07 Å². The van der Waals surface area contributed by atoms with Gasteiger partial charge in [0.25, 0.3) is 0 Å². The van der Waals surface area contributed by atoms with Gasteiger partial charge in [-0.2, -0.15) is 5.26 Å². The van der Waals surface area contributed by atoms with Gasteiger partial charge in [0.2, 0.25) is 0 Å². The minimum absolute atomic E-state index is 0.0199. The summed E-state index contributed by atoms with van der Waals surface area (Å²) < 4.78 is 26.0. The van der Waals surface area contributed by atoms with E-state index in [-0.39, 0.29) is 24.2 Å². The summed E-state index contributed by atoms with van der Waals surface area (Å²) in [6, 6.07) is 5.01. The predicted molar refractivity (Wildman–Crippen MR) is 47.9 cm³/mol. The van der Waals surface area contributed by atoms with E-state index in [9.17, 15) is 13.6 Å². The Morgan fingerprint density at radius 1 is 1.33 bits per heavy atom. The molecule has 0 spiro atoms. The third-order valence-electron chi connectivity index (χ3n) is 2.66. The van der Waals surface area contributed by atoms with Crippen molar-refractivity contribution in [2.45, 2.75) is 18.3 Å². The number of carbonyl (C=O) groups is 1. The Morgan fingerprint density at radius 2 is 2.00 bits per heavy atom. The molecule has 2 rings (SSSR count). The van der Waals surface area contributed by atoms with Gasteiger partial charge in [0.15, 0.2) is 0 Å². The number of hydrogen-bond donors (Lipinski definition) is 0. The van der Waals surface area contributed by atoms with Gasteiger partial charge in [-0.05, 0) is 6.07 Å². The van der Waals surface area contributed by atoms with Crippen LogP contribution in [0.2, 0.25) is 0 Å². The highest BCUT2D eigenvalue weighted by Gasteiger charge is 2.47. The van der Waals surface area contributed by atoms with E-state index in [4.69, 9.17) is 5.26 Å². The fourth-order valence-corrected chi connectivity index (χ4v) is 1.83. The van der Waals surface area contributed by atoms with Gasteiger partial charge in [-0.25, -0.2) is 8.78 Å². The molecule has 1 aliphatic carbocycles. The second-order valence-electron chi connectivity index (χ2n) is 3.71. The highest BCUT2D eigenvalue weighted by Crippen LogP contribution is 2.41. The molecule has 0 aromatic heterocycles. The molecule has 76 valence electrons. The maximum absolute atomic E-state index is 13.4. The third kappa shape index (κ3) is 1.40. The molecule has 0 radical (unpaired) electrons. The fraction of sp³-hybridized carbons (Fsp3) is 0.273. The molecule has 0 saturated heterocycles. The lowest BCUT2D eigenvalue weighted by molar-refractivity contribution is -0.126. The zero-order chi connectivity index (χ0) is 11.1. The standard InChI is InChI=1S/C11H7F2NO/c12-7-1-2-9(10(13)3-7)11(6-14)4-8(15)5-11/h1-3H,4-5H2. The highest BCUT2D eigenvalue weighted by molar-refractivity contribution is 5.90. The van der Waals surface area contributed by atoms with Crippen LogP contribution in [0.1, 0.15) is 18.4 Å². The smallest absolute Gasteiger partial charge is 0.136 e. The first-order valence-electron chi connectivity index (χ1n) is 4.46. The highest BCUT2D eigenvalue weighted by atomic mass is 19.1. The Hall–Kier alpha value is -1.76. The number of carbonyl (C=O) groups excluding carboxylic acids is 1. The Labute approximate surface area is 85.1 Å². The first-order valence-corrected chi connectivity index (χ1v) is 4.46. The fourth-order valence-electron chi connectivity index (χ4n) is 1.83. The molecule has 2 nitrogen and oxygen atoms in total. The predicted octanol–water partition coefficient (Wildman–Crippen LogP) is 2.09. The first-order chi connectivity index (χ1) is 7.07. The zero-order valence-corrected chi connectivity index (χ0v) is 7.76. The number of hydrogen-bond acceptors (Lipinski definition) is 2. The Kier molecular flexibility index (Phi) is 2.04. The van der Waals surface area contributed by atoms with Gasteiger partial charge in [-0.1, -0.05) is 6.07 Å². The molecule has 0 atom stereocenters. The summed E-state index contributed by atoms with van der Waals surface area (Å²) in [5.41, 5.74) is -0.958. The summed E-state index contributed by atoms with van der Waals surface area (Å²) >= 11 is 0. The van der Waals surface area contributed by atoms with Gasteiger partial charge < -0.3 is 0 Å². The summed E-state index contributed by atoms with van der Waals surface area (Å²) in [7, 11) is 0. The maximum Gasteiger partial charge on any atom is 0.136 e. The lowest BCUT2D eigenvalue weighted by Crippen LogP contribution is -2.41. The van der Waals surface area contributed by atoms with Gasteiger partial charge in [-0.15, -0.1) is 0 Å². The average Bonchev–Trinajstić information content (AvgIpc) is 2.13. The Morgan fingerprint density at radius 3 is 2.47 bits per heavy atom. The molecule has 1 aromatic rings. The topological polar surface area (TPSA) is 40.9 Å². The molecule has 1 saturated carbocycles. The lowest BCUT2D eigenvalue weighted by Gasteiger charge is -2.34. The molecule has 0 N–H and O–H groups in total. The average molecular weight is 207 g/mol. The summed E-state index contributed by atoms with van der Waals surface area (Å²) in [5.74, 6) is -1.51. The number of nitriles is 1. The lowest BCUT2D eigenvalue weighted by atomic mass is 9.64. The molecule has 0 amide bonds. The molecular formula is C11H7F2NO. The molecule has 4 heteroatoms. The van der Waals surface area contributed by atoms with Gasteiger partial charge in [0.1, 0.15) is 17.4 Å². The van der Waals surface area contributed by atoms with Crippen molar-refractivity contribution in [2.75, 3.05) is 0 Å². The van der Waals surface area contributed by atoms with Gasteiger partial charge in [-0.3, -0.25) is 4.79 Å². The van der Waals surface area contributed by atoms with Crippen LogP contribution in [0, 0.1) is 23.0 Å². The number of halogens is 2. The monoisotopic (exact) mass is 207 g/mol. The number of nitrogens with zero attached hydrogens (tertiary/aromatic N) is 1. The van der Waals surface area contributed by atoms with Crippen LogP contribution in [0.4, 0.5) is 8.78 Å². The molecular weight excluding hydrogens is 200 g/mol. The molecule has 1 aromatic carbocycles. The molecule has 1 aliphatic rings. The minimum atomic E-state index is -1.07. The van der Waals surface area contributed by atoms with Crippen molar-refractivity contribution in [1.82, 2.24) is 0 Å². The summed E-state index contributed by atoms with van der Waals surface area (Å²) in [4.78, 5) is 10.9. The van der Waals surface area contributed by atoms with Crippen molar-refractivity contribution in [3.05, 3.63) is 35.4 Å². The van der Waals surface area contributed by atoms with Crippen molar-refractivity contribution in [1.29, 1.82) is 5.26 Å². The van der Waals surface area contributed by atoms with Crippen LogP contribution in [0.25, 0.3) is 0 Å². The molecule has 0 aliphatic heterocycles.